The molecule has 0 spiro atoms. The summed E-state index contributed by atoms with van der Waals surface area (Å²) in [4.78, 5) is 11.1. The van der Waals surface area contributed by atoms with Gasteiger partial charge in [-0.2, -0.15) is 0 Å². The number of Topliss-reactive ketones (excluding diaryl/α,β-unsaturated/α-hetero) is 1. The zero-order chi connectivity index (χ0) is 7.68. The summed E-state index contributed by atoms with van der Waals surface area (Å²) in [6.45, 7) is 0.524. The minimum atomic E-state index is -0.000602. The summed E-state index contributed by atoms with van der Waals surface area (Å²) in [5.41, 5.74) is 1.63. The van der Waals surface area contributed by atoms with Crippen LogP contribution in [0.25, 0.3) is 0 Å². The van der Waals surface area contributed by atoms with Gasteiger partial charge in [-0.25, -0.2) is 0 Å². The number of benzene rings is 1. The van der Waals surface area contributed by atoms with E-state index in [1.807, 2.05) is 18.2 Å². The maximum atomic E-state index is 11.1. The average molecular weight is 145 g/mol. The zero-order valence-corrected chi connectivity index (χ0v) is 5.92. The molecule has 0 saturated heterocycles. The van der Waals surface area contributed by atoms with Crippen molar-refractivity contribution in [1.29, 1.82) is 0 Å². The van der Waals surface area contributed by atoms with E-state index in [0.29, 0.717) is 6.54 Å². The highest BCUT2D eigenvalue weighted by molar-refractivity contribution is 6.08. The first-order valence-corrected chi connectivity index (χ1v) is 3.49. The van der Waals surface area contributed by atoms with Crippen LogP contribution in [-0.2, 0) is 0 Å². The Hall–Kier alpha value is -1.31. The fourth-order valence-electron chi connectivity index (χ4n) is 1.15. The van der Waals surface area contributed by atoms with E-state index in [1.54, 1.807) is 6.07 Å². The molecule has 1 N–H and O–H groups in total. The summed E-state index contributed by atoms with van der Waals surface area (Å²) >= 11 is 0. The Morgan fingerprint density at radius 3 is 3.00 bits per heavy atom. The highest BCUT2D eigenvalue weighted by Crippen LogP contribution is 2.19. The second kappa shape index (κ2) is 2.38. The molecule has 0 saturated carbocycles. The van der Waals surface area contributed by atoms with Crippen molar-refractivity contribution in [3.8, 4) is 0 Å². The average Bonchev–Trinajstić information content (AvgIpc) is 2.06. The van der Waals surface area contributed by atoms with Crippen LogP contribution in [-0.4, -0.2) is 12.3 Å². The number of rotatable bonds is 0. The molecule has 0 unspecified atom stereocenters. The van der Waals surface area contributed by atoms with Crippen LogP contribution in [0.15, 0.2) is 24.3 Å². The van der Waals surface area contributed by atoms with Crippen molar-refractivity contribution in [1.82, 2.24) is 0 Å². The standard InChI is InChI=1S/C9H7NO/c11-9-5-6-10-8-4-2-1-3-7(8)9/h1-4,10H,6H2. The van der Waals surface area contributed by atoms with Gasteiger partial charge in [-0.1, -0.05) is 12.1 Å². The van der Waals surface area contributed by atoms with E-state index >= 15 is 0 Å². The number of carbonyl (C=O) groups excluding carboxylic acids is 1. The van der Waals surface area contributed by atoms with Crippen molar-refractivity contribution in [3.63, 3.8) is 0 Å². The van der Waals surface area contributed by atoms with E-state index in [2.05, 4.69) is 11.7 Å². The molecule has 2 nitrogen and oxygen atoms in total. The van der Waals surface area contributed by atoms with Gasteiger partial charge in [0.15, 0.2) is 5.78 Å². The molecule has 0 atom stereocenters. The number of hydrogen-bond donors (Lipinski definition) is 1. The number of ketones is 1. The van der Waals surface area contributed by atoms with Crippen LogP contribution in [0.5, 0.6) is 0 Å². The van der Waals surface area contributed by atoms with Crippen LogP contribution >= 0.6 is 0 Å². The van der Waals surface area contributed by atoms with Crippen LogP contribution in [0.1, 0.15) is 10.4 Å². The van der Waals surface area contributed by atoms with E-state index < -0.39 is 0 Å². The molecule has 0 aliphatic carbocycles. The normalized spacial score (nSPS) is 15.5. The summed E-state index contributed by atoms with van der Waals surface area (Å²) in [6, 6.07) is 7.46. The van der Waals surface area contributed by atoms with Crippen molar-refractivity contribution in [2.45, 2.75) is 0 Å². The lowest BCUT2D eigenvalue weighted by molar-refractivity contribution is 0.102. The van der Waals surface area contributed by atoms with Gasteiger partial charge in [0.1, 0.15) is 0 Å². The summed E-state index contributed by atoms with van der Waals surface area (Å²) in [6.07, 6.45) is 2.69. The first-order valence-electron chi connectivity index (χ1n) is 3.49. The summed E-state index contributed by atoms with van der Waals surface area (Å²) < 4.78 is 0. The van der Waals surface area contributed by atoms with Gasteiger partial charge >= 0.3 is 0 Å². The maximum Gasteiger partial charge on any atom is 0.175 e. The van der Waals surface area contributed by atoms with Gasteiger partial charge < -0.3 is 5.32 Å². The lowest BCUT2D eigenvalue weighted by Crippen LogP contribution is -2.18. The SMILES string of the molecule is O=C1[C]CNc2ccccc21. The fourth-order valence-corrected chi connectivity index (χ4v) is 1.15. The first kappa shape index (κ1) is 6.40. The predicted molar refractivity (Wildman–Crippen MR) is 42.5 cm³/mol. The lowest BCUT2D eigenvalue weighted by Gasteiger charge is -2.14. The number of anilines is 1. The highest BCUT2D eigenvalue weighted by atomic mass is 16.1. The predicted octanol–water partition coefficient (Wildman–Crippen LogP) is 1.38. The minimum Gasteiger partial charge on any atom is -0.383 e. The van der Waals surface area contributed by atoms with Crippen LogP contribution in [0, 0.1) is 6.42 Å². The van der Waals surface area contributed by atoms with E-state index in [-0.39, 0.29) is 5.78 Å². The Bertz CT molecular complexity index is 293. The molecule has 0 bridgehead atoms. The van der Waals surface area contributed by atoms with Gasteiger partial charge in [-0.05, 0) is 12.1 Å². The van der Waals surface area contributed by atoms with Crippen molar-refractivity contribution >= 4 is 11.5 Å². The summed E-state index contributed by atoms with van der Waals surface area (Å²) in [7, 11) is 0. The van der Waals surface area contributed by atoms with E-state index in [0.717, 1.165) is 11.3 Å². The third-order valence-corrected chi connectivity index (χ3v) is 1.70. The zero-order valence-electron chi connectivity index (χ0n) is 5.92. The van der Waals surface area contributed by atoms with Crippen molar-refractivity contribution in [2.75, 3.05) is 11.9 Å². The van der Waals surface area contributed by atoms with Gasteiger partial charge in [-0.3, -0.25) is 4.79 Å². The Balaban J connectivity index is 2.52. The third-order valence-electron chi connectivity index (χ3n) is 1.70. The van der Waals surface area contributed by atoms with E-state index in [4.69, 9.17) is 0 Å². The first-order chi connectivity index (χ1) is 5.38. The van der Waals surface area contributed by atoms with Crippen LogP contribution < -0.4 is 5.32 Å². The Labute approximate surface area is 65.2 Å². The minimum absolute atomic E-state index is 0.000602. The second-order valence-electron chi connectivity index (χ2n) is 2.41. The van der Waals surface area contributed by atoms with Crippen molar-refractivity contribution in [2.24, 2.45) is 0 Å². The monoisotopic (exact) mass is 145 g/mol. The number of hydrogen-bond acceptors (Lipinski definition) is 2. The van der Waals surface area contributed by atoms with Crippen LogP contribution in [0.2, 0.25) is 0 Å². The molecule has 2 radical (unpaired) electrons. The molecule has 2 rings (SSSR count). The molecule has 1 aliphatic rings. The molecule has 1 aromatic carbocycles. The molecular formula is C9H7NO. The molecule has 0 fully saturated rings. The third kappa shape index (κ3) is 1.00. The van der Waals surface area contributed by atoms with Crippen LogP contribution in [0.4, 0.5) is 5.69 Å². The Morgan fingerprint density at radius 2 is 2.18 bits per heavy atom. The molecule has 1 aromatic rings. The molecule has 0 aromatic heterocycles. The van der Waals surface area contributed by atoms with Crippen molar-refractivity contribution < 1.29 is 4.79 Å². The van der Waals surface area contributed by atoms with Gasteiger partial charge in [-0.15, -0.1) is 0 Å². The highest BCUT2D eigenvalue weighted by Gasteiger charge is 2.15. The largest absolute Gasteiger partial charge is 0.383 e. The summed E-state index contributed by atoms with van der Waals surface area (Å²) in [5, 5.41) is 3.06. The van der Waals surface area contributed by atoms with E-state index in [9.17, 15) is 4.79 Å². The van der Waals surface area contributed by atoms with Gasteiger partial charge in [0.05, 0.1) is 6.42 Å². The molecule has 1 heterocycles. The van der Waals surface area contributed by atoms with Gasteiger partial charge in [0.25, 0.3) is 0 Å². The Morgan fingerprint density at radius 1 is 1.36 bits per heavy atom. The number of nitrogens with one attached hydrogen (secondary N) is 1. The van der Waals surface area contributed by atoms with Gasteiger partial charge in [0, 0.05) is 17.8 Å². The Kier molecular flexibility index (Phi) is 1.39. The van der Waals surface area contributed by atoms with Crippen molar-refractivity contribution in [3.05, 3.63) is 36.2 Å². The lowest BCUT2D eigenvalue weighted by atomic mass is 10.0. The molecule has 0 amide bonds. The molecule has 11 heavy (non-hydrogen) atoms. The molecular weight excluding hydrogens is 138 g/mol. The summed E-state index contributed by atoms with van der Waals surface area (Å²) in [5.74, 6) is -0.000602. The quantitative estimate of drug-likeness (QED) is 0.597. The number of carbonyl (C=O) groups is 1. The smallest absolute Gasteiger partial charge is 0.175 e. The van der Waals surface area contributed by atoms with Gasteiger partial charge in [0.2, 0.25) is 0 Å². The van der Waals surface area contributed by atoms with Crippen LogP contribution in [0.3, 0.4) is 0 Å². The maximum absolute atomic E-state index is 11.1. The molecule has 1 aliphatic heterocycles. The molecule has 54 valence electrons. The topological polar surface area (TPSA) is 29.1 Å². The fraction of sp³-hybridized carbons (Fsp3) is 0.111. The van der Waals surface area contributed by atoms with E-state index in [1.165, 1.54) is 0 Å². The number of para-hydroxylation sites is 1. The number of fused-ring (bicyclic) bond motifs is 1. The molecule has 2 heteroatoms. The second-order valence-corrected chi connectivity index (χ2v) is 2.41.